The second kappa shape index (κ2) is 7.21. The molecule has 6 nitrogen and oxygen atoms in total. The molecule has 128 valence electrons. The van der Waals surface area contributed by atoms with Crippen molar-refractivity contribution in [3.8, 4) is 0 Å². The van der Waals surface area contributed by atoms with Crippen LogP contribution in [-0.2, 0) is 20.9 Å². The summed E-state index contributed by atoms with van der Waals surface area (Å²) < 4.78 is 6.47. The molecule has 1 heterocycles. The summed E-state index contributed by atoms with van der Waals surface area (Å²) in [5.74, 6) is 0.0421. The standard InChI is InChI=1S/C17H20ClN3O3/c1-24-16(23)8-7-15(22)19-12-5-6-14-13(9-12)17(18)20-21(14)10-11-3-2-4-11/h5-6,9,11H,2-4,7-8,10H2,1H3,(H,19,22). The summed E-state index contributed by atoms with van der Waals surface area (Å²) in [4.78, 5) is 23.0. The number of carbonyl (C=O) groups is 2. The zero-order chi connectivity index (χ0) is 17.1. The minimum atomic E-state index is -0.402. The van der Waals surface area contributed by atoms with E-state index in [9.17, 15) is 9.59 Å². The van der Waals surface area contributed by atoms with Crippen molar-refractivity contribution in [1.29, 1.82) is 0 Å². The van der Waals surface area contributed by atoms with Crippen molar-refractivity contribution in [2.75, 3.05) is 12.4 Å². The van der Waals surface area contributed by atoms with E-state index in [-0.39, 0.29) is 18.7 Å². The Hall–Kier alpha value is -2.08. The number of anilines is 1. The molecule has 1 fully saturated rings. The average Bonchev–Trinajstić information content (AvgIpc) is 2.84. The number of amides is 1. The van der Waals surface area contributed by atoms with Crippen LogP contribution in [0.3, 0.4) is 0 Å². The van der Waals surface area contributed by atoms with Crippen LogP contribution in [0.1, 0.15) is 32.1 Å². The van der Waals surface area contributed by atoms with E-state index in [1.165, 1.54) is 26.4 Å². The van der Waals surface area contributed by atoms with E-state index in [2.05, 4.69) is 15.2 Å². The van der Waals surface area contributed by atoms with E-state index in [1.54, 1.807) is 0 Å². The van der Waals surface area contributed by atoms with Gasteiger partial charge in [0.1, 0.15) is 0 Å². The lowest BCUT2D eigenvalue weighted by atomic mass is 9.85. The summed E-state index contributed by atoms with van der Waals surface area (Å²) in [6, 6.07) is 5.56. The van der Waals surface area contributed by atoms with Gasteiger partial charge < -0.3 is 10.1 Å². The molecule has 1 aliphatic carbocycles. The van der Waals surface area contributed by atoms with Gasteiger partial charge in [-0.15, -0.1) is 0 Å². The van der Waals surface area contributed by atoms with Crippen LogP contribution in [0.4, 0.5) is 5.69 Å². The van der Waals surface area contributed by atoms with E-state index in [4.69, 9.17) is 11.6 Å². The highest BCUT2D eigenvalue weighted by molar-refractivity contribution is 6.34. The fourth-order valence-corrected chi connectivity index (χ4v) is 3.06. The number of esters is 1. The fraction of sp³-hybridized carbons (Fsp3) is 0.471. The second-order valence-corrected chi connectivity index (χ2v) is 6.48. The van der Waals surface area contributed by atoms with Crippen LogP contribution in [0.25, 0.3) is 10.9 Å². The van der Waals surface area contributed by atoms with Crippen LogP contribution in [0, 0.1) is 5.92 Å². The highest BCUT2D eigenvalue weighted by Gasteiger charge is 2.20. The molecule has 0 bridgehead atoms. The monoisotopic (exact) mass is 349 g/mol. The van der Waals surface area contributed by atoms with Crippen molar-refractivity contribution in [3.05, 3.63) is 23.4 Å². The first-order valence-electron chi connectivity index (χ1n) is 8.09. The Morgan fingerprint density at radius 1 is 1.38 bits per heavy atom. The van der Waals surface area contributed by atoms with Gasteiger partial charge >= 0.3 is 5.97 Å². The molecule has 24 heavy (non-hydrogen) atoms. The maximum atomic E-state index is 11.9. The summed E-state index contributed by atoms with van der Waals surface area (Å²) in [5.41, 5.74) is 1.61. The molecule has 0 atom stereocenters. The first-order chi connectivity index (χ1) is 11.6. The number of aromatic nitrogens is 2. The topological polar surface area (TPSA) is 73.2 Å². The summed E-state index contributed by atoms with van der Waals surface area (Å²) in [6.07, 6.45) is 3.92. The van der Waals surface area contributed by atoms with Gasteiger partial charge in [-0.2, -0.15) is 5.10 Å². The molecular formula is C17H20ClN3O3. The predicted molar refractivity (Wildman–Crippen MR) is 92.0 cm³/mol. The third-order valence-corrected chi connectivity index (χ3v) is 4.71. The quantitative estimate of drug-likeness (QED) is 0.811. The number of nitrogens with one attached hydrogen (secondary N) is 1. The number of carbonyl (C=O) groups excluding carboxylic acids is 2. The van der Waals surface area contributed by atoms with Crippen molar-refractivity contribution in [2.24, 2.45) is 5.92 Å². The lowest BCUT2D eigenvalue weighted by molar-refractivity contribution is -0.141. The molecule has 1 aromatic heterocycles. The number of ether oxygens (including phenoxy) is 1. The molecule has 2 aromatic rings. The predicted octanol–water partition coefficient (Wildman–Crippen LogP) is 3.38. The minimum Gasteiger partial charge on any atom is -0.469 e. The van der Waals surface area contributed by atoms with Crippen LogP contribution in [0.2, 0.25) is 5.15 Å². The first kappa shape index (κ1) is 16.8. The number of hydrogen-bond acceptors (Lipinski definition) is 4. The summed E-state index contributed by atoms with van der Waals surface area (Å²) >= 11 is 6.25. The van der Waals surface area contributed by atoms with Gasteiger partial charge in [0.25, 0.3) is 0 Å². The van der Waals surface area contributed by atoms with E-state index in [0.29, 0.717) is 16.8 Å². The van der Waals surface area contributed by atoms with E-state index in [1.807, 2.05) is 22.9 Å². The SMILES string of the molecule is COC(=O)CCC(=O)Nc1ccc2c(c1)c(Cl)nn2CC1CCC1. The van der Waals surface area contributed by atoms with Gasteiger partial charge in [0.15, 0.2) is 5.15 Å². The van der Waals surface area contributed by atoms with Crippen molar-refractivity contribution >= 4 is 40.1 Å². The van der Waals surface area contributed by atoms with Crippen molar-refractivity contribution in [1.82, 2.24) is 9.78 Å². The normalized spacial score (nSPS) is 14.4. The van der Waals surface area contributed by atoms with Crippen LogP contribution in [0.5, 0.6) is 0 Å². The molecule has 0 radical (unpaired) electrons. The number of rotatable bonds is 6. The zero-order valence-electron chi connectivity index (χ0n) is 13.5. The summed E-state index contributed by atoms with van der Waals surface area (Å²) in [7, 11) is 1.30. The minimum absolute atomic E-state index is 0.0602. The molecule has 0 unspecified atom stereocenters. The number of nitrogens with zero attached hydrogens (tertiary/aromatic N) is 2. The molecule has 0 aliphatic heterocycles. The Bertz CT molecular complexity index is 768. The van der Waals surface area contributed by atoms with Crippen LogP contribution >= 0.6 is 11.6 Å². The number of methoxy groups -OCH3 is 1. The lowest BCUT2D eigenvalue weighted by Gasteiger charge is -2.25. The summed E-state index contributed by atoms with van der Waals surface area (Å²) in [6.45, 7) is 0.883. The Morgan fingerprint density at radius 2 is 2.17 bits per heavy atom. The van der Waals surface area contributed by atoms with Gasteiger partial charge in [-0.1, -0.05) is 18.0 Å². The number of hydrogen-bond donors (Lipinski definition) is 1. The van der Waals surface area contributed by atoms with Gasteiger partial charge in [0.2, 0.25) is 5.91 Å². The van der Waals surface area contributed by atoms with Crippen molar-refractivity contribution in [2.45, 2.75) is 38.6 Å². The molecule has 1 amide bonds. The van der Waals surface area contributed by atoms with Crippen LogP contribution in [0.15, 0.2) is 18.2 Å². The van der Waals surface area contributed by atoms with Gasteiger partial charge in [-0.3, -0.25) is 14.3 Å². The molecule has 1 aromatic carbocycles. The van der Waals surface area contributed by atoms with Gasteiger partial charge in [-0.25, -0.2) is 0 Å². The Labute approximate surface area is 145 Å². The lowest BCUT2D eigenvalue weighted by Crippen LogP contribution is -2.18. The maximum Gasteiger partial charge on any atom is 0.306 e. The average molecular weight is 350 g/mol. The first-order valence-corrected chi connectivity index (χ1v) is 8.47. The van der Waals surface area contributed by atoms with Crippen LogP contribution in [-0.4, -0.2) is 28.8 Å². The number of benzene rings is 1. The molecule has 3 rings (SSSR count). The van der Waals surface area contributed by atoms with Crippen molar-refractivity contribution < 1.29 is 14.3 Å². The number of halogens is 1. The number of fused-ring (bicyclic) bond motifs is 1. The highest BCUT2D eigenvalue weighted by atomic mass is 35.5. The third kappa shape index (κ3) is 3.70. The van der Waals surface area contributed by atoms with Crippen molar-refractivity contribution in [3.63, 3.8) is 0 Å². The van der Waals surface area contributed by atoms with E-state index >= 15 is 0 Å². The van der Waals surface area contributed by atoms with E-state index in [0.717, 1.165) is 17.4 Å². The molecular weight excluding hydrogens is 330 g/mol. The molecule has 1 N–H and O–H groups in total. The Morgan fingerprint density at radius 3 is 2.83 bits per heavy atom. The Balaban J connectivity index is 1.70. The van der Waals surface area contributed by atoms with Gasteiger partial charge in [-0.05, 0) is 37.0 Å². The van der Waals surface area contributed by atoms with Gasteiger partial charge in [0, 0.05) is 24.0 Å². The molecule has 7 heteroatoms. The Kier molecular flexibility index (Phi) is 5.04. The maximum absolute atomic E-state index is 11.9. The largest absolute Gasteiger partial charge is 0.469 e. The van der Waals surface area contributed by atoms with Crippen LogP contribution < -0.4 is 5.32 Å². The zero-order valence-corrected chi connectivity index (χ0v) is 14.3. The fourth-order valence-electron chi connectivity index (χ4n) is 2.82. The molecule has 0 spiro atoms. The van der Waals surface area contributed by atoms with E-state index < -0.39 is 5.97 Å². The van der Waals surface area contributed by atoms with Gasteiger partial charge in [0.05, 0.1) is 19.0 Å². The molecule has 0 saturated heterocycles. The highest BCUT2D eigenvalue weighted by Crippen LogP contribution is 2.31. The molecule has 1 aliphatic rings. The smallest absolute Gasteiger partial charge is 0.306 e. The third-order valence-electron chi connectivity index (χ3n) is 4.43. The second-order valence-electron chi connectivity index (χ2n) is 6.13. The molecule has 1 saturated carbocycles. The summed E-state index contributed by atoms with van der Waals surface area (Å²) in [5, 5.41) is 8.44.